The molecule has 0 aromatic carbocycles. The number of hydrogen-bond donors (Lipinski definition) is 0. The molecule has 150 valence electrons. The van der Waals surface area contributed by atoms with Crippen LogP contribution in [0.4, 0.5) is 5.82 Å². The summed E-state index contributed by atoms with van der Waals surface area (Å²) in [4.78, 5) is 28.5. The lowest BCUT2D eigenvalue weighted by molar-refractivity contribution is -0.132. The minimum absolute atomic E-state index is 0.265. The van der Waals surface area contributed by atoms with Crippen molar-refractivity contribution in [3.8, 4) is 0 Å². The topological polar surface area (TPSA) is 52.6 Å². The van der Waals surface area contributed by atoms with E-state index in [4.69, 9.17) is 0 Å². The molecule has 6 nitrogen and oxygen atoms in total. The average Bonchev–Trinajstić information content (AvgIpc) is 2.71. The van der Waals surface area contributed by atoms with Crippen LogP contribution in [0.5, 0.6) is 0 Å². The fourth-order valence-electron chi connectivity index (χ4n) is 4.28. The number of carbonyl (C=O) groups excluding carboxylic acids is 1. The Morgan fingerprint density at radius 3 is 2.59 bits per heavy atom. The normalized spacial score (nSPS) is 19.1. The zero-order valence-electron chi connectivity index (χ0n) is 17.3. The highest BCUT2D eigenvalue weighted by atomic mass is 16.2. The van der Waals surface area contributed by atoms with Crippen LogP contribution in [0.3, 0.4) is 0 Å². The first kappa shape index (κ1) is 20.1. The summed E-state index contributed by atoms with van der Waals surface area (Å²) >= 11 is 0. The number of carbonyl (C=O) groups is 1. The molecule has 27 heavy (non-hydrogen) atoms. The first-order valence-corrected chi connectivity index (χ1v) is 10.7. The van der Waals surface area contributed by atoms with E-state index in [0.29, 0.717) is 19.0 Å². The van der Waals surface area contributed by atoms with Gasteiger partial charge in [0.2, 0.25) is 5.91 Å². The van der Waals surface area contributed by atoms with Gasteiger partial charge in [-0.3, -0.25) is 9.69 Å². The molecule has 1 amide bonds. The van der Waals surface area contributed by atoms with E-state index in [1.165, 1.54) is 18.4 Å². The summed E-state index contributed by atoms with van der Waals surface area (Å²) in [7, 11) is 0. The van der Waals surface area contributed by atoms with E-state index >= 15 is 0 Å². The fraction of sp³-hybridized carbons (Fsp3) is 0.762. The Bertz CT molecular complexity index is 627. The van der Waals surface area contributed by atoms with Gasteiger partial charge in [0, 0.05) is 50.7 Å². The molecule has 0 radical (unpaired) electrons. The van der Waals surface area contributed by atoms with Gasteiger partial charge in [-0.1, -0.05) is 26.7 Å². The van der Waals surface area contributed by atoms with Crippen LogP contribution in [0.15, 0.2) is 6.33 Å². The van der Waals surface area contributed by atoms with Crippen molar-refractivity contribution in [1.82, 2.24) is 19.8 Å². The van der Waals surface area contributed by atoms with E-state index in [0.717, 1.165) is 63.5 Å². The van der Waals surface area contributed by atoms with Gasteiger partial charge in [0.1, 0.15) is 12.1 Å². The molecule has 1 saturated heterocycles. The molecule has 1 unspecified atom stereocenters. The molecule has 0 saturated carbocycles. The highest BCUT2D eigenvalue weighted by molar-refractivity contribution is 5.76. The average molecular weight is 374 g/mol. The highest BCUT2D eigenvalue weighted by Crippen LogP contribution is 2.27. The standard InChI is InChI=1S/C21H35N5O/c1-4-6-8-20(27)26-10-9-18-19(15-26)22-16-23-21(18)25-13-11-24(12-14-25)17(3)7-5-2/h16-17H,4-15H2,1-3H3. The zero-order chi connectivity index (χ0) is 19.2. The van der Waals surface area contributed by atoms with Crippen molar-refractivity contribution in [3.63, 3.8) is 0 Å². The van der Waals surface area contributed by atoms with Crippen LogP contribution < -0.4 is 4.90 Å². The summed E-state index contributed by atoms with van der Waals surface area (Å²) in [6, 6.07) is 0.666. The van der Waals surface area contributed by atoms with E-state index in [-0.39, 0.29) is 5.91 Å². The Kier molecular flexibility index (Phi) is 7.05. The molecule has 0 spiro atoms. The number of nitrogens with zero attached hydrogens (tertiary/aromatic N) is 5. The van der Waals surface area contributed by atoms with Crippen molar-refractivity contribution < 1.29 is 4.79 Å². The smallest absolute Gasteiger partial charge is 0.222 e. The van der Waals surface area contributed by atoms with E-state index in [2.05, 4.69) is 40.5 Å². The quantitative estimate of drug-likeness (QED) is 0.736. The molecule has 1 fully saturated rings. The van der Waals surface area contributed by atoms with Crippen molar-refractivity contribution in [2.24, 2.45) is 0 Å². The van der Waals surface area contributed by atoms with Crippen molar-refractivity contribution >= 4 is 11.7 Å². The Balaban J connectivity index is 1.64. The van der Waals surface area contributed by atoms with Crippen LogP contribution in [0.1, 0.15) is 64.1 Å². The zero-order valence-corrected chi connectivity index (χ0v) is 17.3. The molecule has 6 heteroatoms. The monoisotopic (exact) mass is 373 g/mol. The van der Waals surface area contributed by atoms with Crippen LogP contribution in [-0.4, -0.2) is 64.4 Å². The molecule has 1 aromatic heterocycles. The minimum atomic E-state index is 0.265. The molecule has 0 aliphatic carbocycles. The van der Waals surface area contributed by atoms with Gasteiger partial charge < -0.3 is 9.80 Å². The van der Waals surface area contributed by atoms with Gasteiger partial charge >= 0.3 is 0 Å². The lowest BCUT2D eigenvalue weighted by Crippen LogP contribution is -2.50. The molecule has 0 bridgehead atoms. The second-order valence-corrected chi connectivity index (χ2v) is 7.95. The largest absolute Gasteiger partial charge is 0.354 e. The minimum Gasteiger partial charge on any atom is -0.354 e. The number of rotatable bonds is 7. The molecular weight excluding hydrogens is 338 g/mol. The summed E-state index contributed by atoms with van der Waals surface area (Å²) in [5, 5.41) is 0. The number of hydrogen-bond acceptors (Lipinski definition) is 5. The van der Waals surface area contributed by atoms with Gasteiger partial charge in [0.15, 0.2) is 0 Å². The van der Waals surface area contributed by atoms with E-state index in [9.17, 15) is 4.79 Å². The molecule has 3 heterocycles. The van der Waals surface area contributed by atoms with Crippen LogP contribution >= 0.6 is 0 Å². The summed E-state index contributed by atoms with van der Waals surface area (Å²) < 4.78 is 0. The third-order valence-corrected chi connectivity index (χ3v) is 6.02. The summed E-state index contributed by atoms with van der Waals surface area (Å²) in [6.45, 7) is 12.4. The first-order chi connectivity index (χ1) is 13.1. The van der Waals surface area contributed by atoms with Gasteiger partial charge in [-0.25, -0.2) is 9.97 Å². The summed E-state index contributed by atoms with van der Waals surface area (Å²) in [5.74, 6) is 1.37. The van der Waals surface area contributed by atoms with Crippen LogP contribution in [0.25, 0.3) is 0 Å². The number of anilines is 1. The Hall–Kier alpha value is -1.69. The van der Waals surface area contributed by atoms with E-state index in [1.54, 1.807) is 6.33 Å². The third kappa shape index (κ3) is 4.78. The van der Waals surface area contributed by atoms with Crippen LogP contribution in [0.2, 0.25) is 0 Å². The number of fused-ring (bicyclic) bond motifs is 1. The summed E-state index contributed by atoms with van der Waals surface area (Å²) in [6.07, 6.45) is 7.75. The van der Waals surface area contributed by atoms with E-state index in [1.807, 2.05) is 4.90 Å². The van der Waals surface area contributed by atoms with Crippen LogP contribution in [-0.2, 0) is 17.8 Å². The predicted octanol–water partition coefficient (Wildman–Crippen LogP) is 2.86. The van der Waals surface area contributed by atoms with E-state index < -0.39 is 0 Å². The molecular formula is C21H35N5O. The van der Waals surface area contributed by atoms with Crippen molar-refractivity contribution in [3.05, 3.63) is 17.6 Å². The SMILES string of the molecule is CCCCC(=O)N1CCc2c(ncnc2N2CCN(C(C)CCC)CC2)C1. The second-order valence-electron chi connectivity index (χ2n) is 7.95. The summed E-state index contributed by atoms with van der Waals surface area (Å²) in [5.41, 5.74) is 2.30. The number of piperazine rings is 1. The second kappa shape index (κ2) is 9.49. The maximum Gasteiger partial charge on any atom is 0.222 e. The highest BCUT2D eigenvalue weighted by Gasteiger charge is 2.28. The Morgan fingerprint density at radius 2 is 1.89 bits per heavy atom. The molecule has 2 aliphatic rings. The predicted molar refractivity (Wildman–Crippen MR) is 109 cm³/mol. The number of aromatic nitrogens is 2. The Morgan fingerprint density at radius 1 is 1.11 bits per heavy atom. The van der Waals surface area contributed by atoms with Gasteiger partial charge in [-0.15, -0.1) is 0 Å². The van der Waals surface area contributed by atoms with Crippen molar-refractivity contribution in [2.45, 2.75) is 71.9 Å². The molecule has 3 rings (SSSR count). The van der Waals surface area contributed by atoms with Gasteiger partial charge in [-0.05, 0) is 26.2 Å². The van der Waals surface area contributed by atoms with Gasteiger partial charge in [0.25, 0.3) is 0 Å². The van der Waals surface area contributed by atoms with Gasteiger partial charge in [-0.2, -0.15) is 0 Å². The fourth-order valence-corrected chi connectivity index (χ4v) is 4.28. The first-order valence-electron chi connectivity index (χ1n) is 10.7. The molecule has 1 aromatic rings. The third-order valence-electron chi connectivity index (χ3n) is 6.02. The lowest BCUT2D eigenvalue weighted by atomic mass is 10.0. The molecule has 2 aliphatic heterocycles. The van der Waals surface area contributed by atoms with Crippen LogP contribution in [0, 0.1) is 0 Å². The molecule has 0 N–H and O–H groups in total. The van der Waals surface area contributed by atoms with Gasteiger partial charge in [0.05, 0.1) is 12.2 Å². The maximum absolute atomic E-state index is 12.4. The Labute approximate surface area is 164 Å². The van der Waals surface area contributed by atoms with Crippen molar-refractivity contribution in [1.29, 1.82) is 0 Å². The number of amides is 1. The molecule has 1 atom stereocenters. The maximum atomic E-state index is 12.4. The number of unbranched alkanes of at least 4 members (excludes halogenated alkanes) is 1. The lowest BCUT2D eigenvalue weighted by Gasteiger charge is -2.40. The van der Waals surface area contributed by atoms with Crippen molar-refractivity contribution in [2.75, 3.05) is 37.6 Å².